The number of nitrogens with one attached hydrogen (secondary N) is 2. The number of carboxylic acid groups (broad SMARTS) is 1. The summed E-state index contributed by atoms with van der Waals surface area (Å²) in [5, 5.41) is 8.99. The molecule has 1 amide bonds. The van der Waals surface area contributed by atoms with Gasteiger partial charge in [0.25, 0.3) is 0 Å². The van der Waals surface area contributed by atoms with Gasteiger partial charge in [-0.3, -0.25) is 4.79 Å². The van der Waals surface area contributed by atoms with Crippen molar-refractivity contribution in [1.82, 2.24) is 9.44 Å². The van der Waals surface area contributed by atoms with Crippen LogP contribution >= 0.6 is 0 Å². The average molecular weight is 308 g/mol. The summed E-state index contributed by atoms with van der Waals surface area (Å²) in [5.74, 6) is -1.72. The molecule has 8 nitrogen and oxygen atoms in total. The number of hydrogen-bond acceptors (Lipinski definition) is 5. The first kappa shape index (κ1) is 16.7. The highest BCUT2D eigenvalue weighted by Crippen LogP contribution is 2.31. The van der Waals surface area contributed by atoms with Crippen molar-refractivity contribution in [3.05, 3.63) is 0 Å². The van der Waals surface area contributed by atoms with Crippen LogP contribution in [0, 0.1) is 11.8 Å². The molecule has 0 spiro atoms. The molecule has 0 heterocycles. The summed E-state index contributed by atoms with van der Waals surface area (Å²) in [5.41, 5.74) is 0. The number of carboxylic acids is 1. The molecule has 2 atom stereocenters. The Morgan fingerprint density at radius 1 is 1.35 bits per heavy atom. The zero-order valence-corrected chi connectivity index (χ0v) is 12.3. The molecule has 1 rings (SSSR count). The van der Waals surface area contributed by atoms with Gasteiger partial charge in [-0.05, 0) is 32.6 Å². The molecule has 0 saturated heterocycles. The predicted octanol–water partition coefficient (Wildman–Crippen LogP) is 0.456. The Kier molecular flexibility index (Phi) is 5.75. The van der Waals surface area contributed by atoms with E-state index in [-0.39, 0.29) is 12.5 Å². The first-order valence-corrected chi connectivity index (χ1v) is 7.90. The summed E-state index contributed by atoms with van der Waals surface area (Å²) >= 11 is 0. The fourth-order valence-electron chi connectivity index (χ4n) is 2.21. The largest absolute Gasteiger partial charge is 0.481 e. The van der Waals surface area contributed by atoms with Gasteiger partial charge in [0.05, 0.1) is 12.0 Å². The fourth-order valence-corrected chi connectivity index (χ4v) is 2.98. The van der Waals surface area contributed by atoms with Crippen LogP contribution in [0.2, 0.25) is 0 Å². The topological polar surface area (TPSA) is 122 Å². The summed E-state index contributed by atoms with van der Waals surface area (Å²) < 4.78 is 31.7. The van der Waals surface area contributed by atoms with Crippen LogP contribution in [-0.2, 0) is 19.7 Å². The molecular weight excluding hydrogens is 288 g/mol. The number of hydrogen-bond donors (Lipinski definition) is 3. The lowest BCUT2D eigenvalue weighted by molar-refractivity contribution is -0.142. The molecule has 0 aromatic heterocycles. The van der Waals surface area contributed by atoms with Crippen LogP contribution in [0.25, 0.3) is 0 Å². The smallest absolute Gasteiger partial charge is 0.422 e. The summed E-state index contributed by atoms with van der Waals surface area (Å²) in [6.07, 6.45) is 0.456. The maximum Gasteiger partial charge on any atom is 0.422 e. The van der Waals surface area contributed by atoms with Gasteiger partial charge in [-0.1, -0.05) is 6.42 Å². The number of carbonyl (C=O) groups excluding carboxylic acids is 1. The highest BCUT2D eigenvalue weighted by molar-refractivity contribution is 7.88. The van der Waals surface area contributed by atoms with Crippen molar-refractivity contribution in [2.45, 2.75) is 39.2 Å². The first-order valence-electron chi connectivity index (χ1n) is 6.42. The summed E-state index contributed by atoms with van der Waals surface area (Å²) in [6, 6.07) is 0. The standard InChI is InChI=1S/C11H20N2O6S/c1-7(2)19-11(16)13-20(17,18)12-6-8-4-3-5-9(8)10(14)15/h7-9,12H,3-6H2,1-2H3,(H,13,16)(H,14,15). The highest BCUT2D eigenvalue weighted by Gasteiger charge is 2.33. The molecule has 20 heavy (non-hydrogen) atoms. The number of rotatable bonds is 6. The van der Waals surface area contributed by atoms with Crippen LogP contribution in [0.15, 0.2) is 0 Å². The number of carbonyl (C=O) groups is 2. The van der Waals surface area contributed by atoms with E-state index in [0.29, 0.717) is 12.8 Å². The van der Waals surface area contributed by atoms with E-state index in [0.717, 1.165) is 6.42 Å². The second-order valence-corrected chi connectivity index (χ2v) is 6.54. The van der Waals surface area contributed by atoms with Crippen molar-refractivity contribution < 1.29 is 27.9 Å². The van der Waals surface area contributed by atoms with Gasteiger partial charge in [-0.2, -0.15) is 13.1 Å². The summed E-state index contributed by atoms with van der Waals surface area (Å²) in [7, 11) is -4.03. The van der Waals surface area contributed by atoms with E-state index in [1.54, 1.807) is 18.6 Å². The fraction of sp³-hybridized carbons (Fsp3) is 0.818. The van der Waals surface area contributed by atoms with Crippen molar-refractivity contribution in [3.63, 3.8) is 0 Å². The summed E-state index contributed by atoms with van der Waals surface area (Å²) in [4.78, 5) is 22.2. The Labute approximate surface area is 118 Å². The van der Waals surface area contributed by atoms with Crippen LogP contribution in [-0.4, -0.2) is 38.2 Å². The van der Waals surface area contributed by atoms with Crippen molar-refractivity contribution in [1.29, 1.82) is 0 Å². The Hall–Kier alpha value is -1.35. The Morgan fingerprint density at radius 3 is 2.55 bits per heavy atom. The van der Waals surface area contributed by atoms with Crippen molar-refractivity contribution in [2.24, 2.45) is 11.8 Å². The van der Waals surface area contributed by atoms with E-state index in [1.165, 1.54) is 0 Å². The molecule has 9 heteroatoms. The summed E-state index contributed by atoms with van der Waals surface area (Å²) in [6.45, 7) is 3.17. The maximum absolute atomic E-state index is 11.6. The molecular formula is C11H20N2O6S. The van der Waals surface area contributed by atoms with Gasteiger partial charge in [0.1, 0.15) is 0 Å². The van der Waals surface area contributed by atoms with E-state index in [2.05, 4.69) is 9.46 Å². The normalized spacial score (nSPS) is 22.8. The van der Waals surface area contributed by atoms with Crippen LogP contribution < -0.4 is 9.44 Å². The van der Waals surface area contributed by atoms with E-state index in [4.69, 9.17) is 5.11 Å². The van der Waals surface area contributed by atoms with Gasteiger partial charge in [-0.15, -0.1) is 0 Å². The Balaban J connectivity index is 2.47. The molecule has 1 saturated carbocycles. The molecule has 0 aromatic carbocycles. The number of ether oxygens (including phenoxy) is 1. The third-order valence-electron chi connectivity index (χ3n) is 3.07. The molecule has 0 aromatic rings. The molecule has 2 unspecified atom stereocenters. The van der Waals surface area contributed by atoms with Crippen LogP contribution in [0.4, 0.5) is 4.79 Å². The Morgan fingerprint density at radius 2 is 2.00 bits per heavy atom. The van der Waals surface area contributed by atoms with Crippen molar-refractivity contribution in [3.8, 4) is 0 Å². The highest BCUT2D eigenvalue weighted by atomic mass is 32.2. The molecule has 3 N–H and O–H groups in total. The SMILES string of the molecule is CC(C)OC(=O)NS(=O)(=O)NCC1CCCC1C(=O)O. The van der Waals surface area contributed by atoms with Crippen molar-refractivity contribution >= 4 is 22.3 Å². The minimum Gasteiger partial charge on any atom is -0.481 e. The van der Waals surface area contributed by atoms with Gasteiger partial charge in [0.2, 0.25) is 0 Å². The molecule has 116 valence electrons. The van der Waals surface area contributed by atoms with Gasteiger partial charge < -0.3 is 9.84 Å². The minimum atomic E-state index is -4.03. The van der Waals surface area contributed by atoms with Gasteiger partial charge >= 0.3 is 22.3 Å². The Bertz CT molecular complexity index is 462. The first-order chi connectivity index (χ1) is 9.21. The third kappa shape index (κ3) is 5.33. The second-order valence-electron chi connectivity index (χ2n) is 5.04. The number of amides is 1. The third-order valence-corrected chi connectivity index (χ3v) is 4.05. The molecule has 1 aliphatic rings. The van der Waals surface area contributed by atoms with Gasteiger partial charge in [0.15, 0.2) is 0 Å². The van der Waals surface area contributed by atoms with E-state index < -0.39 is 34.3 Å². The van der Waals surface area contributed by atoms with Gasteiger partial charge in [0, 0.05) is 6.54 Å². The zero-order valence-electron chi connectivity index (χ0n) is 11.5. The monoisotopic (exact) mass is 308 g/mol. The molecule has 1 fully saturated rings. The van der Waals surface area contributed by atoms with E-state index in [9.17, 15) is 18.0 Å². The lowest BCUT2D eigenvalue weighted by atomic mass is 9.97. The predicted molar refractivity (Wildman–Crippen MR) is 70.1 cm³/mol. The quantitative estimate of drug-likeness (QED) is 0.655. The lowest BCUT2D eigenvalue weighted by Crippen LogP contribution is -2.43. The van der Waals surface area contributed by atoms with E-state index in [1.807, 2.05) is 0 Å². The van der Waals surface area contributed by atoms with E-state index >= 15 is 0 Å². The molecule has 0 bridgehead atoms. The average Bonchev–Trinajstić information content (AvgIpc) is 2.72. The second kappa shape index (κ2) is 6.89. The molecule has 0 aliphatic heterocycles. The molecule has 1 aliphatic carbocycles. The van der Waals surface area contributed by atoms with Crippen LogP contribution in [0.5, 0.6) is 0 Å². The van der Waals surface area contributed by atoms with Crippen LogP contribution in [0.3, 0.4) is 0 Å². The minimum absolute atomic E-state index is 0.0126. The zero-order chi connectivity index (χ0) is 15.3. The molecule has 0 radical (unpaired) electrons. The van der Waals surface area contributed by atoms with Crippen molar-refractivity contribution in [2.75, 3.05) is 6.54 Å². The van der Waals surface area contributed by atoms with Crippen LogP contribution in [0.1, 0.15) is 33.1 Å². The maximum atomic E-state index is 11.6. The lowest BCUT2D eigenvalue weighted by Gasteiger charge is -2.16. The van der Waals surface area contributed by atoms with Gasteiger partial charge in [-0.25, -0.2) is 9.52 Å². The number of aliphatic carboxylic acids is 1.